The van der Waals surface area contributed by atoms with Gasteiger partial charge < -0.3 is 10.1 Å². The Hall–Kier alpha value is -1.02. The van der Waals surface area contributed by atoms with Crippen LogP contribution in [0.15, 0.2) is 24.3 Å². The van der Waals surface area contributed by atoms with Crippen LogP contribution in [0, 0.1) is 5.92 Å². The van der Waals surface area contributed by atoms with Crippen molar-refractivity contribution in [3.05, 3.63) is 29.8 Å². The van der Waals surface area contributed by atoms with E-state index in [1.54, 1.807) is 0 Å². The fraction of sp³-hybridized carbons (Fsp3) is 0.647. The number of para-hydroxylation sites is 1. The lowest BCUT2D eigenvalue weighted by molar-refractivity contribution is 0.218. The van der Waals surface area contributed by atoms with E-state index in [-0.39, 0.29) is 5.54 Å². The van der Waals surface area contributed by atoms with Gasteiger partial charge in [-0.3, -0.25) is 0 Å². The molecule has 1 aliphatic rings. The Morgan fingerprint density at radius 3 is 2.74 bits per heavy atom. The minimum absolute atomic E-state index is 0.0717. The minimum Gasteiger partial charge on any atom is -0.494 e. The standard InChI is InChI=1S/C17H27NO/c1-4-19-16-11-7-6-10-15(16)17(14(2)3)12-8-5-9-13-18-17/h6-7,10-11,14,18H,4-5,8-9,12-13H2,1-3H3. The molecule has 1 aliphatic heterocycles. The third kappa shape index (κ3) is 2.94. The molecule has 2 rings (SSSR count). The maximum Gasteiger partial charge on any atom is 0.124 e. The molecule has 0 bridgehead atoms. The van der Waals surface area contributed by atoms with Crippen LogP contribution in [0.1, 0.15) is 52.0 Å². The molecule has 1 atom stereocenters. The third-order valence-electron chi connectivity index (χ3n) is 4.34. The molecular formula is C17H27NO. The summed E-state index contributed by atoms with van der Waals surface area (Å²) in [7, 11) is 0. The Kier molecular flexibility index (Phi) is 4.87. The summed E-state index contributed by atoms with van der Waals surface area (Å²) < 4.78 is 5.87. The Morgan fingerprint density at radius 1 is 1.21 bits per heavy atom. The van der Waals surface area contributed by atoms with Crippen molar-refractivity contribution in [1.82, 2.24) is 5.32 Å². The molecule has 2 nitrogen and oxygen atoms in total. The van der Waals surface area contributed by atoms with Crippen LogP contribution in [0.3, 0.4) is 0 Å². The van der Waals surface area contributed by atoms with Crippen LogP contribution in [0.25, 0.3) is 0 Å². The van der Waals surface area contributed by atoms with E-state index in [0.717, 1.165) is 18.9 Å². The molecule has 0 radical (unpaired) electrons. The van der Waals surface area contributed by atoms with Crippen molar-refractivity contribution < 1.29 is 4.74 Å². The monoisotopic (exact) mass is 261 g/mol. The van der Waals surface area contributed by atoms with Crippen molar-refractivity contribution >= 4 is 0 Å². The zero-order valence-electron chi connectivity index (χ0n) is 12.5. The van der Waals surface area contributed by atoms with Crippen molar-refractivity contribution in [3.8, 4) is 5.75 Å². The summed E-state index contributed by atoms with van der Waals surface area (Å²) in [6.45, 7) is 8.53. The molecule has 0 aliphatic carbocycles. The van der Waals surface area contributed by atoms with Gasteiger partial charge in [0, 0.05) is 11.1 Å². The Balaban J connectivity index is 2.43. The van der Waals surface area contributed by atoms with E-state index >= 15 is 0 Å². The average Bonchev–Trinajstić information content (AvgIpc) is 2.66. The van der Waals surface area contributed by atoms with Crippen molar-refractivity contribution in [2.24, 2.45) is 5.92 Å². The van der Waals surface area contributed by atoms with Gasteiger partial charge in [0.05, 0.1) is 6.61 Å². The number of hydrogen-bond acceptors (Lipinski definition) is 2. The normalized spacial score (nSPS) is 24.2. The summed E-state index contributed by atoms with van der Waals surface area (Å²) in [6.07, 6.45) is 5.12. The van der Waals surface area contributed by atoms with E-state index in [0.29, 0.717) is 5.92 Å². The second-order valence-electron chi connectivity index (χ2n) is 5.79. The molecule has 2 heteroatoms. The van der Waals surface area contributed by atoms with E-state index in [1.807, 2.05) is 0 Å². The molecule has 0 saturated carbocycles. The van der Waals surface area contributed by atoms with Crippen molar-refractivity contribution in [2.75, 3.05) is 13.2 Å². The van der Waals surface area contributed by atoms with Gasteiger partial charge >= 0.3 is 0 Å². The first-order valence-corrected chi connectivity index (χ1v) is 7.68. The fourth-order valence-corrected chi connectivity index (χ4v) is 3.26. The van der Waals surface area contributed by atoms with E-state index < -0.39 is 0 Å². The fourth-order valence-electron chi connectivity index (χ4n) is 3.26. The molecule has 1 heterocycles. The van der Waals surface area contributed by atoms with Crippen molar-refractivity contribution in [2.45, 2.75) is 52.0 Å². The van der Waals surface area contributed by atoms with Gasteiger partial charge in [-0.25, -0.2) is 0 Å². The highest BCUT2D eigenvalue weighted by Crippen LogP contribution is 2.40. The highest BCUT2D eigenvalue weighted by Gasteiger charge is 2.37. The zero-order chi connectivity index (χ0) is 13.7. The van der Waals surface area contributed by atoms with Gasteiger partial charge in [-0.2, -0.15) is 0 Å². The predicted octanol–water partition coefficient (Wildman–Crippen LogP) is 4.10. The number of hydrogen-bond donors (Lipinski definition) is 1. The molecule has 1 saturated heterocycles. The second-order valence-corrected chi connectivity index (χ2v) is 5.79. The van der Waals surface area contributed by atoms with Crippen LogP contribution < -0.4 is 10.1 Å². The van der Waals surface area contributed by atoms with Gasteiger partial charge in [0.25, 0.3) is 0 Å². The molecule has 0 spiro atoms. The summed E-state index contributed by atoms with van der Waals surface area (Å²) in [4.78, 5) is 0. The van der Waals surface area contributed by atoms with E-state index in [2.05, 4.69) is 50.4 Å². The summed E-state index contributed by atoms with van der Waals surface area (Å²) in [6, 6.07) is 8.55. The van der Waals surface area contributed by atoms with Crippen LogP contribution in [-0.4, -0.2) is 13.2 Å². The number of benzene rings is 1. The molecule has 1 aromatic carbocycles. The highest BCUT2D eigenvalue weighted by molar-refractivity contribution is 5.40. The lowest BCUT2D eigenvalue weighted by Gasteiger charge is -2.39. The maximum atomic E-state index is 5.87. The molecular weight excluding hydrogens is 234 g/mol. The first-order chi connectivity index (χ1) is 9.20. The summed E-state index contributed by atoms with van der Waals surface area (Å²) in [5.41, 5.74) is 1.41. The Labute approximate surface area is 117 Å². The summed E-state index contributed by atoms with van der Waals surface area (Å²) >= 11 is 0. The number of ether oxygens (including phenoxy) is 1. The molecule has 1 fully saturated rings. The van der Waals surface area contributed by atoms with E-state index in [4.69, 9.17) is 4.74 Å². The highest BCUT2D eigenvalue weighted by atomic mass is 16.5. The molecule has 1 unspecified atom stereocenters. The van der Waals surface area contributed by atoms with Crippen LogP contribution in [0.4, 0.5) is 0 Å². The zero-order valence-corrected chi connectivity index (χ0v) is 12.5. The quantitative estimate of drug-likeness (QED) is 0.881. The molecule has 0 amide bonds. The third-order valence-corrected chi connectivity index (χ3v) is 4.34. The second kappa shape index (κ2) is 6.42. The van der Waals surface area contributed by atoms with Crippen molar-refractivity contribution in [3.63, 3.8) is 0 Å². The Bertz CT molecular complexity index is 392. The van der Waals surface area contributed by atoms with Gasteiger partial charge in [0.15, 0.2) is 0 Å². The van der Waals surface area contributed by atoms with Gasteiger partial charge in [-0.15, -0.1) is 0 Å². The lowest BCUT2D eigenvalue weighted by atomic mass is 9.76. The van der Waals surface area contributed by atoms with Crippen molar-refractivity contribution in [1.29, 1.82) is 0 Å². The molecule has 1 N–H and O–H groups in total. The number of nitrogens with one attached hydrogen (secondary N) is 1. The SMILES string of the molecule is CCOc1ccccc1C1(C(C)C)CCCCCN1. The van der Waals surface area contributed by atoms with E-state index in [1.165, 1.54) is 31.2 Å². The predicted molar refractivity (Wildman–Crippen MR) is 80.6 cm³/mol. The molecule has 106 valence electrons. The van der Waals surface area contributed by atoms with Crippen LogP contribution in [-0.2, 0) is 5.54 Å². The van der Waals surface area contributed by atoms with Gasteiger partial charge in [0.1, 0.15) is 5.75 Å². The average molecular weight is 261 g/mol. The molecule has 0 aromatic heterocycles. The summed E-state index contributed by atoms with van der Waals surface area (Å²) in [5.74, 6) is 1.61. The number of rotatable bonds is 4. The molecule has 19 heavy (non-hydrogen) atoms. The topological polar surface area (TPSA) is 21.3 Å². The first kappa shape index (κ1) is 14.4. The Morgan fingerprint density at radius 2 is 2.00 bits per heavy atom. The van der Waals surface area contributed by atoms with Crippen LogP contribution in [0.5, 0.6) is 5.75 Å². The first-order valence-electron chi connectivity index (χ1n) is 7.68. The van der Waals surface area contributed by atoms with Gasteiger partial charge in [-0.05, 0) is 38.3 Å². The molecule has 1 aromatic rings. The summed E-state index contributed by atoms with van der Waals surface area (Å²) in [5, 5.41) is 3.83. The smallest absolute Gasteiger partial charge is 0.124 e. The minimum atomic E-state index is 0.0717. The van der Waals surface area contributed by atoms with Crippen LogP contribution in [0.2, 0.25) is 0 Å². The maximum absolute atomic E-state index is 5.87. The van der Waals surface area contributed by atoms with Gasteiger partial charge in [-0.1, -0.05) is 44.9 Å². The van der Waals surface area contributed by atoms with E-state index in [9.17, 15) is 0 Å². The van der Waals surface area contributed by atoms with Gasteiger partial charge in [0.2, 0.25) is 0 Å². The van der Waals surface area contributed by atoms with Crippen LogP contribution >= 0.6 is 0 Å². The lowest BCUT2D eigenvalue weighted by Crippen LogP contribution is -2.46. The largest absolute Gasteiger partial charge is 0.494 e.